The number of hydrogen-bond acceptors (Lipinski definition) is 6. The molecule has 30 heavy (non-hydrogen) atoms. The number of nitriles is 1. The predicted molar refractivity (Wildman–Crippen MR) is 110 cm³/mol. The van der Waals surface area contributed by atoms with Crippen LogP contribution in [0, 0.1) is 18.3 Å². The maximum absolute atomic E-state index is 13.5. The monoisotopic (exact) mass is 403 g/mol. The van der Waals surface area contributed by atoms with Crippen molar-refractivity contribution in [1.82, 2.24) is 4.57 Å². The second-order valence-corrected chi connectivity index (χ2v) is 7.06. The van der Waals surface area contributed by atoms with Crippen LogP contribution in [0.4, 0.5) is 0 Å². The van der Waals surface area contributed by atoms with Crippen molar-refractivity contribution in [1.29, 1.82) is 5.26 Å². The Morgan fingerprint density at radius 2 is 2.03 bits per heavy atom. The summed E-state index contributed by atoms with van der Waals surface area (Å²) in [6, 6.07) is 15.0. The highest BCUT2D eigenvalue weighted by Gasteiger charge is 2.35. The fourth-order valence-corrected chi connectivity index (χ4v) is 3.74. The molecule has 2 aromatic heterocycles. The molecule has 0 bridgehead atoms. The minimum atomic E-state index is -0.700. The van der Waals surface area contributed by atoms with Crippen molar-refractivity contribution in [3.63, 3.8) is 0 Å². The third kappa shape index (κ3) is 3.33. The van der Waals surface area contributed by atoms with Crippen LogP contribution >= 0.6 is 0 Å². The number of benzene rings is 1. The van der Waals surface area contributed by atoms with Gasteiger partial charge < -0.3 is 24.2 Å². The van der Waals surface area contributed by atoms with Crippen molar-refractivity contribution in [3.05, 3.63) is 93.1 Å². The van der Waals surface area contributed by atoms with Crippen LogP contribution in [0.3, 0.4) is 0 Å². The molecular weight excluding hydrogens is 382 g/mol. The van der Waals surface area contributed by atoms with Gasteiger partial charge in [-0.15, -0.1) is 0 Å². The molecule has 0 aliphatic carbocycles. The Bertz CT molecular complexity index is 1200. The average molecular weight is 403 g/mol. The Labute approximate surface area is 173 Å². The molecule has 0 spiro atoms. The first-order valence-electron chi connectivity index (χ1n) is 9.51. The number of pyridine rings is 1. The van der Waals surface area contributed by atoms with Gasteiger partial charge in [0.05, 0.1) is 24.9 Å². The smallest absolute Gasteiger partial charge is 0.258 e. The summed E-state index contributed by atoms with van der Waals surface area (Å²) in [5, 5.41) is 9.64. The van der Waals surface area contributed by atoms with Gasteiger partial charge in [-0.25, -0.2) is 0 Å². The lowest BCUT2D eigenvalue weighted by Gasteiger charge is -2.26. The molecule has 0 saturated heterocycles. The predicted octanol–water partition coefficient (Wildman–Crippen LogP) is 3.22. The minimum absolute atomic E-state index is 0.0128. The summed E-state index contributed by atoms with van der Waals surface area (Å²) in [6.07, 6.45) is 2.17. The minimum Gasteiger partial charge on any atom is -0.497 e. The highest BCUT2D eigenvalue weighted by atomic mass is 16.5. The van der Waals surface area contributed by atoms with E-state index in [0.717, 1.165) is 17.0 Å². The average Bonchev–Trinajstić information content (AvgIpc) is 3.27. The molecule has 3 aromatic rings. The first-order chi connectivity index (χ1) is 14.5. The van der Waals surface area contributed by atoms with Crippen LogP contribution < -0.4 is 20.8 Å². The van der Waals surface area contributed by atoms with Crippen molar-refractivity contribution >= 4 is 0 Å². The van der Waals surface area contributed by atoms with E-state index in [1.807, 2.05) is 31.2 Å². The second kappa shape index (κ2) is 7.84. The van der Waals surface area contributed by atoms with E-state index >= 15 is 0 Å². The number of fused-ring (bicyclic) bond motifs is 1. The summed E-state index contributed by atoms with van der Waals surface area (Å²) < 4.78 is 18.0. The van der Waals surface area contributed by atoms with E-state index in [1.54, 1.807) is 29.9 Å². The van der Waals surface area contributed by atoms with Gasteiger partial charge in [-0.1, -0.05) is 12.1 Å². The Morgan fingerprint density at radius 3 is 2.67 bits per heavy atom. The standard InChI is InChI=1S/C23H21N3O4/c1-14-12-19-21(20(18-4-3-11-29-18)17(13-24)22(25)30-19)23(27)26(14)10-9-15-5-7-16(28-2)8-6-15/h3-8,11-12,20H,9-10,25H2,1-2H3. The fourth-order valence-electron chi connectivity index (χ4n) is 3.74. The lowest BCUT2D eigenvalue weighted by atomic mass is 9.88. The van der Waals surface area contributed by atoms with Crippen LogP contribution in [0.1, 0.15) is 28.5 Å². The number of ether oxygens (including phenoxy) is 2. The van der Waals surface area contributed by atoms with Gasteiger partial charge in [0.25, 0.3) is 5.56 Å². The van der Waals surface area contributed by atoms with E-state index in [-0.39, 0.29) is 17.0 Å². The number of furan rings is 1. The molecule has 152 valence electrons. The molecule has 1 atom stereocenters. The number of nitrogens with zero attached hydrogens (tertiary/aromatic N) is 2. The third-order valence-corrected chi connectivity index (χ3v) is 5.30. The quantitative estimate of drug-likeness (QED) is 0.702. The van der Waals surface area contributed by atoms with E-state index in [4.69, 9.17) is 19.6 Å². The van der Waals surface area contributed by atoms with Crippen LogP contribution in [0.15, 0.2) is 69.4 Å². The molecular formula is C23H21N3O4. The van der Waals surface area contributed by atoms with E-state index in [2.05, 4.69) is 6.07 Å². The van der Waals surface area contributed by atoms with Crippen LogP contribution in [0.2, 0.25) is 0 Å². The molecule has 3 heterocycles. The van der Waals surface area contributed by atoms with Crippen LogP contribution in [-0.2, 0) is 13.0 Å². The van der Waals surface area contributed by atoms with E-state index in [1.165, 1.54) is 6.26 Å². The van der Waals surface area contributed by atoms with Crippen molar-refractivity contribution in [2.45, 2.75) is 25.8 Å². The van der Waals surface area contributed by atoms with Gasteiger partial charge in [0.15, 0.2) is 0 Å². The second-order valence-electron chi connectivity index (χ2n) is 7.06. The van der Waals surface area contributed by atoms with Gasteiger partial charge in [-0.2, -0.15) is 5.26 Å². The highest BCUT2D eigenvalue weighted by molar-refractivity contribution is 5.53. The molecule has 0 radical (unpaired) electrons. The zero-order valence-corrected chi connectivity index (χ0v) is 16.7. The van der Waals surface area contributed by atoms with E-state index in [0.29, 0.717) is 30.0 Å². The number of rotatable bonds is 5. The van der Waals surface area contributed by atoms with E-state index in [9.17, 15) is 10.1 Å². The Balaban J connectivity index is 1.75. The number of hydrogen-bond donors (Lipinski definition) is 1. The Morgan fingerprint density at radius 1 is 1.27 bits per heavy atom. The molecule has 1 unspecified atom stereocenters. The lowest BCUT2D eigenvalue weighted by Crippen LogP contribution is -2.33. The van der Waals surface area contributed by atoms with Crippen molar-refractivity contribution in [2.24, 2.45) is 5.73 Å². The molecule has 1 aliphatic heterocycles. The molecule has 0 fully saturated rings. The lowest BCUT2D eigenvalue weighted by molar-refractivity contribution is 0.378. The fraction of sp³-hybridized carbons (Fsp3) is 0.217. The number of aryl methyl sites for hydroxylation is 2. The van der Waals surface area contributed by atoms with Crippen molar-refractivity contribution in [3.8, 4) is 17.6 Å². The third-order valence-electron chi connectivity index (χ3n) is 5.30. The summed E-state index contributed by atoms with van der Waals surface area (Å²) >= 11 is 0. The first-order valence-corrected chi connectivity index (χ1v) is 9.51. The molecule has 4 rings (SSSR count). The first kappa shape index (κ1) is 19.4. The number of nitrogens with two attached hydrogens (primary N) is 1. The molecule has 0 amide bonds. The number of methoxy groups -OCH3 is 1. The summed E-state index contributed by atoms with van der Waals surface area (Å²) in [6.45, 7) is 2.33. The molecule has 0 saturated carbocycles. The zero-order valence-electron chi connectivity index (χ0n) is 16.7. The molecule has 7 heteroatoms. The van der Waals surface area contributed by atoms with Crippen LogP contribution in [-0.4, -0.2) is 11.7 Å². The Kier molecular flexibility index (Phi) is 5.07. The highest BCUT2D eigenvalue weighted by Crippen LogP contribution is 2.40. The van der Waals surface area contributed by atoms with Crippen LogP contribution in [0.25, 0.3) is 0 Å². The molecule has 1 aliphatic rings. The number of aromatic nitrogens is 1. The largest absolute Gasteiger partial charge is 0.497 e. The van der Waals surface area contributed by atoms with Gasteiger partial charge in [-0.05, 0) is 43.2 Å². The van der Waals surface area contributed by atoms with Crippen molar-refractivity contribution < 1.29 is 13.9 Å². The summed E-state index contributed by atoms with van der Waals surface area (Å²) in [5.74, 6) is 0.904. The summed E-state index contributed by atoms with van der Waals surface area (Å²) in [7, 11) is 1.62. The normalized spacial score (nSPS) is 15.3. The summed E-state index contributed by atoms with van der Waals surface area (Å²) in [5.41, 5.74) is 8.11. The Hall–Kier alpha value is -3.92. The van der Waals surface area contributed by atoms with Gasteiger partial charge in [0.1, 0.15) is 28.9 Å². The van der Waals surface area contributed by atoms with Crippen LogP contribution in [0.5, 0.6) is 11.5 Å². The van der Waals surface area contributed by atoms with Crippen molar-refractivity contribution in [2.75, 3.05) is 7.11 Å². The maximum Gasteiger partial charge on any atom is 0.258 e. The topological polar surface area (TPSA) is 103 Å². The van der Waals surface area contributed by atoms with Gasteiger partial charge in [0.2, 0.25) is 5.88 Å². The SMILES string of the molecule is COc1ccc(CCn2c(C)cc3c(c2=O)C(c2ccco2)C(C#N)=C(N)O3)cc1. The maximum atomic E-state index is 13.5. The zero-order chi connectivity index (χ0) is 21.3. The van der Waals surface area contributed by atoms with Gasteiger partial charge in [0, 0.05) is 18.3 Å². The molecule has 2 N–H and O–H groups in total. The van der Waals surface area contributed by atoms with Gasteiger partial charge in [-0.3, -0.25) is 4.79 Å². The molecule has 1 aromatic carbocycles. The number of allylic oxidation sites excluding steroid dienone is 1. The van der Waals surface area contributed by atoms with Gasteiger partial charge >= 0.3 is 0 Å². The van der Waals surface area contributed by atoms with E-state index < -0.39 is 5.92 Å². The summed E-state index contributed by atoms with van der Waals surface area (Å²) in [4.78, 5) is 13.5. The molecule has 7 nitrogen and oxygen atoms in total.